The van der Waals surface area contributed by atoms with Crippen molar-refractivity contribution in [3.63, 3.8) is 0 Å². The molecule has 1 atom stereocenters. The predicted octanol–water partition coefficient (Wildman–Crippen LogP) is 4.13. The zero-order valence-electron chi connectivity index (χ0n) is 11.4. The van der Waals surface area contributed by atoms with Crippen LogP contribution in [0.25, 0.3) is 0 Å². The second-order valence-electron chi connectivity index (χ2n) is 5.12. The molecular formula is C16H14ClFN2O. The summed E-state index contributed by atoms with van der Waals surface area (Å²) in [5.74, 6) is -0.280. The standard InChI is InChI=1S/C16H14ClFN2O/c1-20-9-12-8-11(4-7-14(12)19-16(20)21)15(17)10-2-5-13(18)6-3-10/h2-8,15H,9H2,1H3,(H,19,21). The first-order chi connectivity index (χ1) is 10.0. The summed E-state index contributed by atoms with van der Waals surface area (Å²) in [5.41, 5.74) is 3.59. The summed E-state index contributed by atoms with van der Waals surface area (Å²) in [5, 5.41) is 2.47. The van der Waals surface area contributed by atoms with Crippen LogP contribution in [-0.4, -0.2) is 18.0 Å². The molecule has 1 aliphatic rings. The van der Waals surface area contributed by atoms with E-state index in [1.54, 1.807) is 24.1 Å². The van der Waals surface area contributed by atoms with Crippen molar-refractivity contribution >= 4 is 23.3 Å². The van der Waals surface area contributed by atoms with E-state index in [1.807, 2.05) is 18.2 Å². The molecule has 3 rings (SSSR count). The summed E-state index contributed by atoms with van der Waals surface area (Å²) in [6, 6.07) is 11.8. The minimum Gasteiger partial charge on any atom is -0.323 e. The van der Waals surface area contributed by atoms with Gasteiger partial charge in [0.25, 0.3) is 0 Å². The molecule has 1 aliphatic heterocycles. The molecule has 0 saturated carbocycles. The van der Waals surface area contributed by atoms with Crippen molar-refractivity contribution in [2.75, 3.05) is 12.4 Å². The summed E-state index contributed by atoms with van der Waals surface area (Å²) < 4.78 is 13.0. The maximum absolute atomic E-state index is 13.0. The predicted molar refractivity (Wildman–Crippen MR) is 81.0 cm³/mol. The van der Waals surface area contributed by atoms with E-state index >= 15 is 0 Å². The highest BCUT2D eigenvalue weighted by molar-refractivity contribution is 6.22. The molecule has 1 N–H and O–H groups in total. The van der Waals surface area contributed by atoms with Crippen LogP contribution in [0, 0.1) is 5.82 Å². The van der Waals surface area contributed by atoms with E-state index < -0.39 is 0 Å². The van der Waals surface area contributed by atoms with Gasteiger partial charge in [0.1, 0.15) is 5.82 Å². The van der Waals surface area contributed by atoms with Gasteiger partial charge in [-0.1, -0.05) is 24.3 Å². The molecule has 0 fully saturated rings. The number of halogens is 2. The van der Waals surface area contributed by atoms with Crippen LogP contribution < -0.4 is 5.32 Å². The number of anilines is 1. The Morgan fingerprint density at radius 3 is 2.57 bits per heavy atom. The molecule has 0 saturated heterocycles. The molecule has 2 aromatic rings. The molecule has 2 amide bonds. The Hall–Kier alpha value is -2.07. The normalized spacial score (nSPS) is 15.4. The summed E-state index contributed by atoms with van der Waals surface area (Å²) in [4.78, 5) is 13.2. The molecule has 0 aromatic heterocycles. The van der Waals surface area contributed by atoms with E-state index in [0.717, 1.165) is 22.4 Å². The van der Waals surface area contributed by atoms with Crippen molar-refractivity contribution in [3.05, 3.63) is 65.0 Å². The van der Waals surface area contributed by atoms with E-state index in [2.05, 4.69) is 5.32 Å². The van der Waals surface area contributed by atoms with Gasteiger partial charge in [0, 0.05) is 19.3 Å². The highest BCUT2D eigenvalue weighted by Gasteiger charge is 2.21. The van der Waals surface area contributed by atoms with Gasteiger partial charge in [0.05, 0.1) is 5.38 Å². The number of rotatable bonds is 2. The van der Waals surface area contributed by atoms with Crippen molar-refractivity contribution in [3.8, 4) is 0 Å². The minimum absolute atomic E-state index is 0.115. The average Bonchev–Trinajstić information content (AvgIpc) is 2.48. The summed E-state index contributed by atoms with van der Waals surface area (Å²) in [7, 11) is 1.74. The molecule has 0 bridgehead atoms. The molecule has 1 unspecified atom stereocenters. The molecular weight excluding hydrogens is 291 g/mol. The lowest BCUT2D eigenvalue weighted by atomic mass is 10.00. The number of nitrogens with zero attached hydrogens (tertiary/aromatic N) is 1. The molecule has 108 valence electrons. The van der Waals surface area contributed by atoms with Crippen LogP contribution in [0.2, 0.25) is 0 Å². The minimum atomic E-state index is -0.348. The molecule has 1 heterocycles. The smallest absolute Gasteiger partial charge is 0.321 e. The number of hydrogen-bond donors (Lipinski definition) is 1. The van der Waals surface area contributed by atoms with Gasteiger partial charge in [-0.15, -0.1) is 11.6 Å². The van der Waals surface area contributed by atoms with Crippen molar-refractivity contribution in [2.24, 2.45) is 0 Å². The molecule has 3 nitrogen and oxygen atoms in total. The van der Waals surface area contributed by atoms with E-state index in [-0.39, 0.29) is 17.2 Å². The lowest BCUT2D eigenvalue weighted by Gasteiger charge is -2.26. The van der Waals surface area contributed by atoms with Crippen molar-refractivity contribution in [1.82, 2.24) is 4.90 Å². The molecule has 0 spiro atoms. The van der Waals surface area contributed by atoms with E-state index in [4.69, 9.17) is 11.6 Å². The Balaban J connectivity index is 1.91. The van der Waals surface area contributed by atoms with Gasteiger partial charge in [-0.05, 0) is 34.9 Å². The summed E-state index contributed by atoms with van der Waals surface area (Å²) in [6.07, 6.45) is 0. The fourth-order valence-electron chi connectivity index (χ4n) is 2.39. The summed E-state index contributed by atoms with van der Waals surface area (Å²) >= 11 is 6.47. The zero-order valence-corrected chi connectivity index (χ0v) is 12.2. The number of alkyl halides is 1. The zero-order chi connectivity index (χ0) is 15.0. The van der Waals surface area contributed by atoms with Crippen molar-refractivity contribution < 1.29 is 9.18 Å². The first kappa shape index (κ1) is 13.9. The van der Waals surface area contributed by atoms with Crippen LogP contribution >= 0.6 is 11.6 Å². The summed E-state index contributed by atoms with van der Waals surface area (Å²) in [6.45, 7) is 0.544. The molecule has 0 aliphatic carbocycles. The van der Waals surface area contributed by atoms with Crippen molar-refractivity contribution in [1.29, 1.82) is 0 Å². The lowest BCUT2D eigenvalue weighted by Crippen LogP contribution is -2.35. The van der Waals surface area contributed by atoms with Crippen LogP contribution in [0.15, 0.2) is 42.5 Å². The van der Waals surface area contributed by atoms with Gasteiger partial charge in [-0.3, -0.25) is 0 Å². The number of carbonyl (C=O) groups excluding carboxylic acids is 1. The highest BCUT2D eigenvalue weighted by Crippen LogP contribution is 2.32. The van der Waals surface area contributed by atoms with Crippen LogP contribution in [0.1, 0.15) is 22.1 Å². The Morgan fingerprint density at radius 1 is 1.19 bits per heavy atom. The van der Waals surface area contributed by atoms with E-state index in [9.17, 15) is 9.18 Å². The van der Waals surface area contributed by atoms with Gasteiger partial charge >= 0.3 is 6.03 Å². The third-order valence-electron chi connectivity index (χ3n) is 3.58. The van der Waals surface area contributed by atoms with Gasteiger partial charge in [-0.2, -0.15) is 0 Å². The van der Waals surface area contributed by atoms with Gasteiger partial charge < -0.3 is 10.2 Å². The maximum Gasteiger partial charge on any atom is 0.321 e. The molecule has 0 radical (unpaired) electrons. The van der Waals surface area contributed by atoms with Gasteiger partial charge in [-0.25, -0.2) is 9.18 Å². The van der Waals surface area contributed by atoms with Gasteiger partial charge in [0.15, 0.2) is 0 Å². The number of nitrogens with one attached hydrogen (secondary N) is 1. The fourth-order valence-corrected chi connectivity index (χ4v) is 2.67. The van der Waals surface area contributed by atoms with Crippen LogP contribution in [0.3, 0.4) is 0 Å². The third kappa shape index (κ3) is 2.72. The number of hydrogen-bond acceptors (Lipinski definition) is 1. The topological polar surface area (TPSA) is 32.3 Å². The first-order valence-corrected chi connectivity index (χ1v) is 7.03. The average molecular weight is 305 g/mol. The second kappa shape index (κ2) is 5.37. The highest BCUT2D eigenvalue weighted by atomic mass is 35.5. The number of carbonyl (C=O) groups is 1. The molecule has 5 heteroatoms. The van der Waals surface area contributed by atoms with E-state index in [0.29, 0.717) is 6.54 Å². The molecule has 2 aromatic carbocycles. The first-order valence-electron chi connectivity index (χ1n) is 6.59. The third-order valence-corrected chi connectivity index (χ3v) is 4.08. The van der Waals surface area contributed by atoms with E-state index in [1.165, 1.54) is 12.1 Å². The number of amides is 2. The van der Waals surface area contributed by atoms with Crippen LogP contribution in [0.5, 0.6) is 0 Å². The van der Waals surface area contributed by atoms with Crippen molar-refractivity contribution in [2.45, 2.75) is 11.9 Å². The Bertz CT molecular complexity index is 687. The fraction of sp³-hybridized carbons (Fsp3) is 0.188. The second-order valence-corrected chi connectivity index (χ2v) is 5.55. The number of urea groups is 1. The van der Waals surface area contributed by atoms with Gasteiger partial charge in [0.2, 0.25) is 0 Å². The number of fused-ring (bicyclic) bond motifs is 1. The Kier molecular flexibility index (Phi) is 3.55. The molecule has 21 heavy (non-hydrogen) atoms. The SMILES string of the molecule is CN1Cc2cc(C(Cl)c3ccc(F)cc3)ccc2NC1=O. The quantitative estimate of drug-likeness (QED) is 0.831. The number of benzene rings is 2. The monoisotopic (exact) mass is 304 g/mol. The lowest BCUT2D eigenvalue weighted by molar-refractivity contribution is 0.218. The van der Waals surface area contributed by atoms with Crippen LogP contribution in [-0.2, 0) is 6.54 Å². The maximum atomic E-state index is 13.0. The largest absolute Gasteiger partial charge is 0.323 e. The Labute approximate surface area is 127 Å². The van der Waals surface area contributed by atoms with Crippen LogP contribution in [0.4, 0.5) is 14.9 Å². The Morgan fingerprint density at radius 2 is 1.86 bits per heavy atom.